The van der Waals surface area contributed by atoms with Crippen molar-refractivity contribution in [3.63, 3.8) is 0 Å². The summed E-state index contributed by atoms with van der Waals surface area (Å²) >= 11 is 0. The Morgan fingerprint density at radius 2 is 1.78 bits per heavy atom. The van der Waals surface area contributed by atoms with Crippen molar-refractivity contribution >= 4 is 5.69 Å². The molecule has 0 saturated heterocycles. The second kappa shape index (κ2) is 6.24. The van der Waals surface area contributed by atoms with Gasteiger partial charge < -0.3 is 10.6 Å². The quantitative estimate of drug-likeness (QED) is 0.877. The molecular formula is C16H26N2. The van der Waals surface area contributed by atoms with E-state index in [1.165, 1.54) is 49.9 Å². The number of nitrogens with two attached hydrogens (primary N) is 1. The molecule has 1 saturated carbocycles. The molecule has 1 fully saturated rings. The second-order valence-electron chi connectivity index (χ2n) is 5.76. The van der Waals surface area contributed by atoms with Crippen molar-refractivity contribution in [1.82, 2.24) is 0 Å². The van der Waals surface area contributed by atoms with Crippen molar-refractivity contribution < 1.29 is 0 Å². The lowest BCUT2D eigenvalue weighted by Crippen LogP contribution is -2.26. The summed E-state index contributed by atoms with van der Waals surface area (Å²) in [5.41, 5.74) is 8.40. The third-order valence-corrected chi connectivity index (χ3v) is 4.12. The third kappa shape index (κ3) is 3.49. The Balaban J connectivity index is 1.93. The molecule has 100 valence electrons. The molecule has 0 radical (unpaired) electrons. The maximum atomic E-state index is 5.88. The highest BCUT2D eigenvalue weighted by Crippen LogP contribution is 2.26. The van der Waals surface area contributed by atoms with Gasteiger partial charge in [-0.05, 0) is 43.4 Å². The van der Waals surface area contributed by atoms with Gasteiger partial charge in [0.25, 0.3) is 0 Å². The Hall–Kier alpha value is -1.02. The van der Waals surface area contributed by atoms with E-state index in [-0.39, 0.29) is 6.04 Å². The molecule has 2 heteroatoms. The van der Waals surface area contributed by atoms with Crippen LogP contribution in [0.2, 0.25) is 0 Å². The van der Waals surface area contributed by atoms with E-state index >= 15 is 0 Å². The van der Waals surface area contributed by atoms with Gasteiger partial charge in [-0.1, -0.05) is 31.4 Å². The fourth-order valence-electron chi connectivity index (χ4n) is 2.89. The first kappa shape index (κ1) is 13.4. The van der Waals surface area contributed by atoms with E-state index in [4.69, 9.17) is 5.73 Å². The minimum Gasteiger partial charge on any atom is -0.374 e. The molecule has 2 rings (SSSR count). The summed E-state index contributed by atoms with van der Waals surface area (Å²) in [7, 11) is 2.20. The first-order chi connectivity index (χ1) is 8.66. The van der Waals surface area contributed by atoms with E-state index < -0.39 is 0 Å². The molecule has 2 N–H and O–H groups in total. The Kier molecular flexibility index (Phi) is 4.65. The van der Waals surface area contributed by atoms with Crippen LogP contribution < -0.4 is 10.6 Å². The molecule has 0 heterocycles. The normalized spacial score (nSPS) is 18.6. The average molecular weight is 246 g/mol. The minimum absolute atomic E-state index is 0.128. The van der Waals surface area contributed by atoms with E-state index in [0.717, 1.165) is 5.92 Å². The molecule has 0 aromatic heterocycles. The predicted molar refractivity (Wildman–Crippen MR) is 78.9 cm³/mol. The SMILES string of the molecule is C[C@@H](N)c1ccc(N(C)CC2CCCCC2)cc1. The van der Waals surface area contributed by atoms with Crippen molar-refractivity contribution in [3.8, 4) is 0 Å². The van der Waals surface area contributed by atoms with Crippen LogP contribution in [0, 0.1) is 5.92 Å². The van der Waals surface area contributed by atoms with Crippen LogP contribution in [0.25, 0.3) is 0 Å². The molecule has 0 aliphatic heterocycles. The molecule has 18 heavy (non-hydrogen) atoms. The zero-order chi connectivity index (χ0) is 13.0. The Bertz CT molecular complexity index is 350. The molecule has 1 aromatic carbocycles. The molecule has 0 unspecified atom stereocenters. The van der Waals surface area contributed by atoms with Crippen LogP contribution in [0.3, 0.4) is 0 Å². The van der Waals surface area contributed by atoms with Gasteiger partial charge in [0.2, 0.25) is 0 Å². The lowest BCUT2D eigenvalue weighted by Gasteiger charge is -2.28. The standard InChI is InChI=1S/C16H26N2/c1-13(17)15-8-10-16(11-9-15)18(2)12-14-6-4-3-5-7-14/h8-11,13-14H,3-7,12,17H2,1-2H3/t13-/m1/s1. The smallest absolute Gasteiger partial charge is 0.0363 e. The minimum atomic E-state index is 0.128. The summed E-state index contributed by atoms with van der Waals surface area (Å²) in [5.74, 6) is 0.886. The number of anilines is 1. The Labute approximate surface area is 111 Å². The predicted octanol–water partition coefficient (Wildman–Crippen LogP) is 3.72. The maximum absolute atomic E-state index is 5.88. The fraction of sp³-hybridized carbons (Fsp3) is 0.625. The molecule has 0 bridgehead atoms. The Morgan fingerprint density at radius 1 is 1.17 bits per heavy atom. The lowest BCUT2D eigenvalue weighted by molar-refractivity contribution is 0.362. The first-order valence-corrected chi connectivity index (χ1v) is 7.23. The van der Waals surface area contributed by atoms with Gasteiger partial charge >= 0.3 is 0 Å². The third-order valence-electron chi connectivity index (χ3n) is 4.12. The van der Waals surface area contributed by atoms with Crippen LogP contribution in [-0.2, 0) is 0 Å². The van der Waals surface area contributed by atoms with Crippen molar-refractivity contribution in [1.29, 1.82) is 0 Å². The number of rotatable bonds is 4. The molecule has 0 amide bonds. The van der Waals surface area contributed by atoms with Gasteiger partial charge in [0, 0.05) is 25.3 Å². The van der Waals surface area contributed by atoms with Crippen LogP contribution in [0.4, 0.5) is 5.69 Å². The van der Waals surface area contributed by atoms with Gasteiger partial charge in [-0.15, -0.1) is 0 Å². The van der Waals surface area contributed by atoms with Gasteiger partial charge in [0.15, 0.2) is 0 Å². The highest BCUT2D eigenvalue weighted by Gasteiger charge is 2.15. The average Bonchev–Trinajstić information content (AvgIpc) is 2.40. The van der Waals surface area contributed by atoms with Crippen LogP contribution in [-0.4, -0.2) is 13.6 Å². The molecule has 2 nitrogen and oxygen atoms in total. The monoisotopic (exact) mass is 246 g/mol. The van der Waals surface area contributed by atoms with Crippen molar-refractivity contribution in [3.05, 3.63) is 29.8 Å². The van der Waals surface area contributed by atoms with Crippen LogP contribution in [0.1, 0.15) is 50.6 Å². The zero-order valence-electron chi connectivity index (χ0n) is 11.7. The number of benzene rings is 1. The van der Waals surface area contributed by atoms with Crippen LogP contribution >= 0.6 is 0 Å². The summed E-state index contributed by atoms with van der Waals surface area (Å²) in [5, 5.41) is 0. The van der Waals surface area contributed by atoms with Crippen molar-refractivity contribution in [2.75, 3.05) is 18.5 Å². The van der Waals surface area contributed by atoms with E-state index in [1.54, 1.807) is 0 Å². The summed E-state index contributed by atoms with van der Waals surface area (Å²) in [6.45, 7) is 3.22. The molecule has 1 aliphatic carbocycles. The van der Waals surface area contributed by atoms with Crippen LogP contribution in [0.15, 0.2) is 24.3 Å². The molecule has 1 aromatic rings. The number of nitrogens with zero attached hydrogens (tertiary/aromatic N) is 1. The molecule has 1 atom stereocenters. The van der Waals surface area contributed by atoms with Gasteiger partial charge in [-0.2, -0.15) is 0 Å². The highest BCUT2D eigenvalue weighted by atomic mass is 15.1. The van der Waals surface area contributed by atoms with Gasteiger partial charge in [0.05, 0.1) is 0 Å². The second-order valence-corrected chi connectivity index (χ2v) is 5.76. The topological polar surface area (TPSA) is 29.3 Å². The van der Waals surface area contributed by atoms with Gasteiger partial charge in [0.1, 0.15) is 0 Å². The molecular weight excluding hydrogens is 220 g/mol. The lowest BCUT2D eigenvalue weighted by atomic mass is 9.89. The van der Waals surface area contributed by atoms with Crippen LogP contribution in [0.5, 0.6) is 0 Å². The Morgan fingerprint density at radius 3 is 2.33 bits per heavy atom. The fourth-order valence-corrected chi connectivity index (χ4v) is 2.89. The van der Waals surface area contributed by atoms with E-state index in [1.807, 2.05) is 6.92 Å². The van der Waals surface area contributed by atoms with Crippen molar-refractivity contribution in [2.24, 2.45) is 11.7 Å². The zero-order valence-corrected chi connectivity index (χ0v) is 11.7. The van der Waals surface area contributed by atoms with Gasteiger partial charge in [-0.3, -0.25) is 0 Å². The largest absolute Gasteiger partial charge is 0.374 e. The van der Waals surface area contributed by atoms with Crippen molar-refractivity contribution in [2.45, 2.75) is 45.1 Å². The van der Waals surface area contributed by atoms with Gasteiger partial charge in [-0.25, -0.2) is 0 Å². The van der Waals surface area contributed by atoms with E-state index in [0.29, 0.717) is 0 Å². The van der Waals surface area contributed by atoms with E-state index in [2.05, 4.69) is 36.2 Å². The number of hydrogen-bond acceptors (Lipinski definition) is 2. The summed E-state index contributed by atoms with van der Waals surface area (Å²) in [4.78, 5) is 2.39. The molecule has 1 aliphatic rings. The summed E-state index contributed by atoms with van der Waals surface area (Å²) in [6, 6.07) is 8.82. The maximum Gasteiger partial charge on any atom is 0.0363 e. The first-order valence-electron chi connectivity index (χ1n) is 7.23. The summed E-state index contributed by atoms with van der Waals surface area (Å²) in [6.07, 6.45) is 7.08. The highest BCUT2D eigenvalue weighted by molar-refractivity contribution is 5.47. The number of hydrogen-bond donors (Lipinski definition) is 1. The summed E-state index contributed by atoms with van der Waals surface area (Å²) < 4.78 is 0. The molecule has 0 spiro atoms. The van der Waals surface area contributed by atoms with E-state index in [9.17, 15) is 0 Å².